The number of aliphatic hydroxyl groups is 1. The Kier molecular flexibility index (Phi) is 4.19. The SMILES string of the molecule is CC(Cc1c[nH]c2ccccc12)(C(N)=O)C1(CO)CCCCC1. The van der Waals surface area contributed by atoms with E-state index in [0.717, 1.165) is 42.1 Å². The van der Waals surface area contributed by atoms with Gasteiger partial charge < -0.3 is 15.8 Å². The summed E-state index contributed by atoms with van der Waals surface area (Å²) >= 11 is 0. The molecule has 3 rings (SSSR count). The van der Waals surface area contributed by atoms with Gasteiger partial charge in [-0.05, 0) is 37.8 Å². The maximum Gasteiger partial charge on any atom is 0.224 e. The van der Waals surface area contributed by atoms with E-state index in [4.69, 9.17) is 5.73 Å². The summed E-state index contributed by atoms with van der Waals surface area (Å²) in [6, 6.07) is 8.09. The van der Waals surface area contributed by atoms with E-state index < -0.39 is 10.8 Å². The summed E-state index contributed by atoms with van der Waals surface area (Å²) < 4.78 is 0. The molecule has 2 aromatic rings. The van der Waals surface area contributed by atoms with Crippen LogP contribution in [0, 0.1) is 10.8 Å². The van der Waals surface area contributed by atoms with E-state index in [2.05, 4.69) is 11.1 Å². The number of rotatable bonds is 5. The van der Waals surface area contributed by atoms with E-state index >= 15 is 0 Å². The van der Waals surface area contributed by atoms with Gasteiger partial charge in [-0.15, -0.1) is 0 Å². The third kappa shape index (κ3) is 2.55. The highest BCUT2D eigenvalue weighted by atomic mass is 16.3. The van der Waals surface area contributed by atoms with Crippen molar-refractivity contribution >= 4 is 16.8 Å². The van der Waals surface area contributed by atoms with Crippen molar-refractivity contribution in [1.82, 2.24) is 4.98 Å². The number of aliphatic hydroxyl groups excluding tert-OH is 1. The Morgan fingerprint density at radius 2 is 2.00 bits per heavy atom. The topological polar surface area (TPSA) is 79.1 Å². The van der Waals surface area contributed by atoms with Crippen LogP contribution >= 0.6 is 0 Å². The van der Waals surface area contributed by atoms with E-state index in [0.29, 0.717) is 6.42 Å². The van der Waals surface area contributed by atoms with Gasteiger partial charge in [-0.3, -0.25) is 4.79 Å². The van der Waals surface area contributed by atoms with Gasteiger partial charge in [0.1, 0.15) is 0 Å². The minimum atomic E-state index is -0.743. The van der Waals surface area contributed by atoms with Crippen LogP contribution in [0.25, 0.3) is 10.9 Å². The Labute approximate surface area is 137 Å². The zero-order chi connectivity index (χ0) is 16.5. The first kappa shape index (κ1) is 16.1. The molecule has 0 aliphatic heterocycles. The Morgan fingerprint density at radius 3 is 2.65 bits per heavy atom. The van der Waals surface area contributed by atoms with Crippen LogP contribution in [0.4, 0.5) is 0 Å². The molecule has 4 heteroatoms. The van der Waals surface area contributed by atoms with E-state index in [1.54, 1.807) is 0 Å². The highest BCUT2D eigenvalue weighted by Crippen LogP contribution is 2.51. The predicted octanol–water partition coefficient (Wildman–Crippen LogP) is 3.14. The minimum absolute atomic E-state index is 0.0226. The minimum Gasteiger partial charge on any atom is -0.396 e. The number of hydrogen-bond acceptors (Lipinski definition) is 2. The van der Waals surface area contributed by atoms with Gasteiger partial charge >= 0.3 is 0 Å². The lowest BCUT2D eigenvalue weighted by Gasteiger charge is -2.48. The highest BCUT2D eigenvalue weighted by molar-refractivity contribution is 5.86. The lowest BCUT2D eigenvalue weighted by molar-refractivity contribution is -0.140. The number of para-hydroxylation sites is 1. The van der Waals surface area contributed by atoms with E-state index in [-0.39, 0.29) is 12.5 Å². The maximum absolute atomic E-state index is 12.4. The average molecular weight is 314 g/mol. The number of aromatic amines is 1. The van der Waals surface area contributed by atoms with Crippen molar-refractivity contribution in [2.24, 2.45) is 16.6 Å². The van der Waals surface area contributed by atoms with Crippen LogP contribution in [0.15, 0.2) is 30.5 Å². The summed E-state index contributed by atoms with van der Waals surface area (Å²) in [6.45, 7) is 1.97. The van der Waals surface area contributed by atoms with Crippen LogP contribution in [0.2, 0.25) is 0 Å². The van der Waals surface area contributed by atoms with Crippen molar-refractivity contribution in [1.29, 1.82) is 0 Å². The molecule has 23 heavy (non-hydrogen) atoms. The molecule has 4 nitrogen and oxygen atoms in total. The lowest BCUT2D eigenvalue weighted by atomic mass is 9.56. The second kappa shape index (κ2) is 6.00. The molecule has 1 amide bonds. The molecule has 0 radical (unpaired) electrons. The Morgan fingerprint density at radius 1 is 1.30 bits per heavy atom. The third-order valence-electron chi connectivity index (χ3n) is 6.05. The molecule has 0 saturated heterocycles. The summed E-state index contributed by atoms with van der Waals surface area (Å²) in [5, 5.41) is 11.3. The molecule has 1 aliphatic carbocycles. The summed E-state index contributed by atoms with van der Waals surface area (Å²) in [7, 11) is 0. The molecule has 1 aromatic carbocycles. The van der Waals surface area contributed by atoms with E-state index in [1.807, 2.05) is 31.3 Å². The van der Waals surface area contributed by atoms with Crippen molar-refractivity contribution in [2.75, 3.05) is 6.61 Å². The Balaban J connectivity index is 2.02. The van der Waals surface area contributed by atoms with Crippen molar-refractivity contribution in [3.63, 3.8) is 0 Å². The molecule has 1 heterocycles. The zero-order valence-corrected chi connectivity index (χ0v) is 13.8. The van der Waals surface area contributed by atoms with Crippen molar-refractivity contribution in [2.45, 2.75) is 45.4 Å². The smallest absolute Gasteiger partial charge is 0.224 e. The predicted molar refractivity (Wildman–Crippen MR) is 91.9 cm³/mol. The number of aromatic nitrogens is 1. The highest BCUT2D eigenvalue weighted by Gasteiger charge is 2.52. The second-order valence-electron chi connectivity index (χ2n) is 7.23. The summed E-state index contributed by atoms with van der Waals surface area (Å²) in [4.78, 5) is 15.7. The number of carbonyl (C=O) groups is 1. The van der Waals surface area contributed by atoms with E-state index in [9.17, 15) is 9.90 Å². The largest absolute Gasteiger partial charge is 0.396 e. The van der Waals surface area contributed by atoms with Crippen LogP contribution in [0.5, 0.6) is 0 Å². The van der Waals surface area contributed by atoms with Gasteiger partial charge in [0.15, 0.2) is 0 Å². The number of amides is 1. The molecule has 1 aliphatic rings. The normalized spacial score (nSPS) is 20.3. The first-order chi connectivity index (χ1) is 11.0. The molecule has 1 atom stereocenters. The molecular formula is C19H26N2O2. The molecule has 1 saturated carbocycles. The number of benzene rings is 1. The van der Waals surface area contributed by atoms with Crippen molar-refractivity contribution in [3.8, 4) is 0 Å². The number of hydrogen-bond donors (Lipinski definition) is 3. The fourth-order valence-electron chi connectivity index (χ4n) is 4.31. The first-order valence-electron chi connectivity index (χ1n) is 8.48. The maximum atomic E-state index is 12.4. The van der Waals surface area contributed by atoms with Crippen molar-refractivity contribution < 1.29 is 9.90 Å². The fraction of sp³-hybridized carbons (Fsp3) is 0.526. The number of primary amides is 1. The van der Waals surface area contributed by atoms with Crippen LogP contribution in [0.1, 0.15) is 44.6 Å². The van der Waals surface area contributed by atoms with Crippen molar-refractivity contribution in [3.05, 3.63) is 36.0 Å². The fourth-order valence-corrected chi connectivity index (χ4v) is 4.31. The molecule has 1 aromatic heterocycles. The van der Waals surface area contributed by atoms with Gasteiger partial charge in [0.25, 0.3) is 0 Å². The number of nitrogens with two attached hydrogens (primary N) is 1. The molecule has 0 spiro atoms. The number of fused-ring (bicyclic) bond motifs is 1. The molecule has 1 unspecified atom stereocenters. The van der Waals surface area contributed by atoms with Gasteiger partial charge in [-0.2, -0.15) is 0 Å². The average Bonchev–Trinajstić information content (AvgIpc) is 2.98. The lowest BCUT2D eigenvalue weighted by Crippen LogP contribution is -2.53. The Bertz CT molecular complexity index is 700. The first-order valence-corrected chi connectivity index (χ1v) is 8.48. The summed E-state index contributed by atoms with van der Waals surface area (Å²) in [5.74, 6) is -0.307. The molecule has 0 bridgehead atoms. The van der Waals surface area contributed by atoms with Crippen LogP contribution < -0.4 is 5.73 Å². The number of carbonyl (C=O) groups excluding carboxylic acids is 1. The number of nitrogens with one attached hydrogen (secondary N) is 1. The molecule has 1 fully saturated rings. The quantitative estimate of drug-likeness (QED) is 0.792. The van der Waals surface area contributed by atoms with Gasteiger partial charge in [0, 0.05) is 29.1 Å². The summed E-state index contributed by atoms with van der Waals surface area (Å²) in [6.07, 6.45) is 7.54. The van der Waals surface area contributed by atoms with Crippen LogP contribution in [-0.2, 0) is 11.2 Å². The molecular weight excluding hydrogens is 288 g/mol. The van der Waals surface area contributed by atoms with Gasteiger partial charge in [0.2, 0.25) is 5.91 Å². The monoisotopic (exact) mass is 314 g/mol. The Hall–Kier alpha value is -1.81. The van der Waals surface area contributed by atoms with Crippen LogP contribution in [-0.4, -0.2) is 22.6 Å². The zero-order valence-electron chi connectivity index (χ0n) is 13.8. The number of H-pyrrole nitrogens is 1. The van der Waals surface area contributed by atoms with Gasteiger partial charge in [0.05, 0.1) is 5.41 Å². The van der Waals surface area contributed by atoms with Gasteiger partial charge in [-0.1, -0.05) is 37.5 Å². The van der Waals surface area contributed by atoms with E-state index in [1.165, 1.54) is 6.42 Å². The van der Waals surface area contributed by atoms with Crippen LogP contribution in [0.3, 0.4) is 0 Å². The molecule has 4 N–H and O–H groups in total. The van der Waals surface area contributed by atoms with Gasteiger partial charge in [-0.25, -0.2) is 0 Å². The standard InChI is InChI=1S/C19H26N2O2/c1-18(17(20)23,19(13-22)9-5-2-6-10-19)11-14-12-21-16-8-4-3-7-15(14)16/h3-4,7-8,12,21-22H,2,5-6,9-11,13H2,1H3,(H2,20,23). The second-order valence-corrected chi connectivity index (χ2v) is 7.23. The molecule has 124 valence electrons. The third-order valence-corrected chi connectivity index (χ3v) is 6.05. The summed E-state index contributed by atoms with van der Waals surface area (Å²) in [5.41, 5.74) is 6.88.